The number of benzene rings is 1. The second-order valence-electron chi connectivity index (χ2n) is 6.03. The molecule has 1 aliphatic rings. The molecule has 0 radical (unpaired) electrons. The maximum Gasteiger partial charge on any atom is 0.238 e. The van der Waals surface area contributed by atoms with Gasteiger partial charge in [0.25, 0.3) is 0 Å². The highest BCUT2D eigenvalue weighted by Crippen LogP contribution is 2.26. The topological polar surface area (TPSA) is 127 Å². The number of primary sulfonamides is 1. The van der Waals surface area contributed by atoms with E-state index in [-0.39, 0.29) is 11.0 Å². The highest BCUT2D eigenvalue weighted by Gasteiger charge is 2.27. The van der Waals surface area contributed by atoms with E-state index in [1.807, 2.05) is 6.92 Å². The van der Waals surface area contributed by atoms with Crippen molar-refractivity contribution >= 4 is 21.7 Å². The van der Waals surface area contributed by atoms with Crippen LogP contribution in [0, 0.1) is 6.92 Å². The highest BCUT2D eigenvalue weighted by atomic mass is 32.2. The summed E-state index contributed by atoms with van der Waals surface area (Å²) in [6.07, 6.45) is 3.35. The number of aromatic nitrogens is 2. The van der Waals surface area contributed by atoms with Gasteiger partial charge in [-0.3, -0.25) is 0 Å². The SMILES string of the molecule is Cc1cnc(Nc2ccc(S(N)(=O)=O)cc2)nc1OC1CCC[C@H]1O. The van der Waals surface area contributed by atoms with E-state index in [1.54, 1.807) is 18.3 Å². The second kappa shape index (κ2) is 6.95. The van der Waals surface area contributed by atoms with Crippen LogP contribution < -0.4 is 15.2 Å². The normalized spacial score (nSPS) is 20.4. The van der Waals surface area contributed by atoms with Crippen molar-refractivity contribution in [2.45, 2.75) is 43.3 Å². The molecule has 8 nitrogen and oxygen atoms in total. The second-order valence-corrected chi connectivity index (χ2v) is 7.59. The number of sulfonamides is 1. The third-order valence-corrected chi connectivity index (χ3v) is 4.97. The van der Waals surface area contributed by atoms with Crippen LogP contribution in [-0.4, -0.2) is 35.7 Å². The first-order valence-corrected chi connectivity index (χ1v) is 9.46. The van der Waals surface area contributed by atoms with Crippen molar-refractivity contribution < 1.29 is 18.3 Å². The number of anilines is 2. The van der Waals surface area contributed by atoms with Gasteiger partial charge in [0, 0.05) is 17.4 Å². The van der Waals surface area contributed by atoms with Crippen LogP contribution in [0.4, 0.5) is 11.6 Å². The van der Waals surface area contributed by atoms with Crippen LogP contribution in [0.15, 0.2) is 35.4 Å². The first-order chi connectivity index (χ1) is 11.8. The molecule has 0 amide bonds. The molecule has 4 N–H and O–H groups in total. The summed E-state index contributed by atoms with van der Waals surface area (Å²) in [6.45, 7) is 1.83. The first-order valence-electron chi connectivity index (χ1n) is 7.91. The van der Waals surface area contributed by atoms with Gasteiger partial charge >= 0.3 is 0 Å². The van der Waals surface area contributed by atoms with Crippen molar-refractivity contribution in [1.82, 2.24) is 9.97 Å². The van der Waals surface area contributed by atoms with E-state index in [2.05, 4.69) is 15.3 Å². The van der Waals surface area contributed by atoms with Crippen molar-refractivity contribution in [2.75, 3.05) is 5.32 Å². The van der Waals surface area contributed by atoms with Gasteiger partial charge in [0.15, 0.2) is 0 Å². The molecule has 0 bridgehead atoms. The molecule has 25 heavy (non-hydrogen) atoms. The van der Waals surface area contributed by atoms with Crippen molar-refractivity contribution in [3.05, 3.63) is 36.0 Å². The molecule has 0 aliphatic heterocycles. The maximum absolute atomic E-state index is 11.3. The fourth-order valence-corrected chi connectivity index (χ4v) is 3.17. The van der Waals surface area contributed by atoms with Crippen LogP contribution in [0.3, 0.4) is 0 Å². The van der Waals surface area contributed by atoms with Gasteiger partial charge in [-0.1, -0.05) is 0 Å². The number of hydrogen-bond donors (Lipinski definition) is 3. The molecule has 1 fully saturated rings. The summed E-state index contributed by atoms with van der Waals surface area (Å²) in [4.78, 5) is 8.56. The molecular weight excluding hydrogens is 344 g/mol. The van der Waals surface area contributed by atoms with Crippen LogP contribution in [0.5, 0.6) is 5.88 Å². The van der Waals surface area contributed by atoms with Crippen LogP contribution >= 0.6 is 0 Å². The molecule has 1 aromatic heterocycles. The van der Waals surface area contributed by atoms with Crippen molar-refractivity contribution in [1.29, 1.82) is 0 Å². The van der Waals surface area contributed by atoms with E-state index in [4.69, 9.17) is 9.88 Å². The Morgan fingerprint density at radius 3 is 2.60 bits per heavy atom. The molecule has 1 aliphatic carbocycles. The summed E-state index contributed by atoms with van der Waals surface area (Å²) >= 11 is 0. The van der Waals surface area contributed by atoms with E-state index < -0.39 is 16.1 Å². The number of aliphatic hydroxyl groups is 1. The van der Waals surface area contributed by atoms with Gasteiger partial charge < -0.3 is 15.2 Å². The lowest BCUT2D eigenvalue weighted by Gasteiger charge is -2.18. The zero-order valence-electron chi connectivity index (χ0n) is 13.7. The van der Waals surface area contributed by atoms with Crippen molar-refractivity contribution in [3.8, 4) is 5.88 Å². The molecule has 1 aromatic carbocycles. The Morgan fingerprint density at radius 2 is 2.00 bits per heavy atom. The molecule has 1 heterocycles. The number of nitrogens with two attached hydrogens (primary N) is 1. The number of aliphatic hydroxyl groups excluding tert-OH is 1. The summed E-state index contributed by atoms with van der Waals surface area (Å²) in [7, 11) is -3.73. The minimum absolute atomic E-state index is 0.0297. The van der Waals surface area contributed by atoms with Gasteiger partial charge in [-0.05, 0) is 50.5 Å². The number of nitrogens with one attached hydrogen (secondary N) is 1. The summed E-state index contributed by atoms with van der Waals surface area (Å²) < 4.78 is 28.4. The van der Waals surface area contributed by atoms with Gasteiger partial charge in [-0.25, -0.2) is 18.5 Å². The van der Waals surface area contributed by atoms with Gasteiger partial charge in [-0.15, -0.1) is 0 Å². The Kier molecular flexibility index (Phi) is 4.89. The lowest BCUT2D eigenvalue weighted by atomic mass is 10.2. The molecule has 2 atom stereocenters. The van der Waals surface area contributed by atoms with Crippen LogP contribution in [0.2, 0.25) is 0 Å². The number of nitrogens with zero attached hydrogens (tertiary/aromatic N) is 2. The third kappa shape index (κ3) is 4.25. The fourth-order valence-electron chi connectivity index (χ4n) is 2.65. The summed E-state index contributed by atoms with van der Waals surface area (Å²) in [5.74, 6) is 0.737. The number of ether oxygens (including phenoxy) is 1. The van der Waals surface area contributed by atoms with E-state index >= 15 is 0 Å². The molecule has 2 aromatic rings. The number of aryl methyl sites for hydroxylation is 1. The van der Waals surface area contributed by atoms with Crippen LogP contribution in [0.25, 0.3) is 0 Å². The summed E-state index contributed by atoms with van der Waals surface area (Å²) in [5, 5.41) is 18.0. The predicted molar refractivity (Wildman–Crippen MR) is 92.1 cm³/mol. The van der Waals surface area contributed by atoms with E-state index in [0.717, 1.165) is 24.8 Å². The zero-order chi connectivity index (χ0) is 18.0. The molecule has 9 heteroatoms. The van der Waals surface area contributed by atoms with Gasteiger partial charge in [0.05, 0.1) is 11.0 Å². The molecular formula is C16H20N4O4S. The Bertz CT molecular complexity index is 855. The summed E-state index contributed by atoms with van der Waals surface area (Å²) in [6, 6.07) is 5.95. The van der Waals surface area contributed by atoms with Gasteiger partial charge in [-0.2, -0.15) is 4.98 Å². The van der Waals surface area contributed by atoms with E-state index in [1.165, 1.54) is 12.1 Å². The highest BCUT2D eigenvalue weighted by molar-refractivity contribution is 7.89. The summed E-state index contributed by atoms with van der Waals surface area (Å²) in [5.41, 5.74) is 1.39. The molecule has 0 saturated heterocycles. The van der Waals surface area contributed by atoms with E-state index in [9.17, 15) is 13.5 Å². The predicted octanol–water partition coefficient (Wildman–Crippen LogP) is 1.47. The van der Waals surface area contributed by atoms with Crippen LogP contribution in [0.1, 0.15) is 24.8 Å². The zero-order valence-corrected chi connectivity index (χ0v) is 14.5. The van der Waals surface area contributed by atoms with Crippen LogP contribution in [-0.2, 0) is 10.0 Å². The largest absolute Gasteiger partial charge is 0.471 e. The minimum Gasteiger partial charge on any atom is -0.471 e. The van der Waals surface area contributed by atoms with E-state index in [0.29, 0.717) is 17.5 Å². The molecule has 3 rings (SSSR count). The number of hydrogen-bond acceptors (Lipinski definition) is 7. The number of rotatable bonds is 5. The molecule has 1 saturated carbocycles. The monoisotopic (exact) mass is 364 g/mol. The lowest BCUT2D eigenvalue weighted by Crippen LogP contribution is -2.26. The first kappa shape index (κ1) is 17.6. The maximum atomic E-state index is 11.3. The Morgan fingerprint density at radius 1 is 1.28 bits per heavy atom. The standard InChI is InChI=1S/C16H20N4O4S/c1-10-9-18-16(20-15(10)24-14-4-2-3-13(14)21)19-11-5-7-12(8-6-11)25(17,22)23/h5-9,13-14,21H,2-4H2,1H3,(H2,17,22,23)(H,18,19,20)/t13-,14?/m1/s1. The van der Waals surface area contributed by atoms with Gasteiger partial charge in [0.2, 0.25) is 21.9 Å². The lowest BCUT2D eigenvalue weighted by molar-refractivity contribution is 0.0569. The third-order valence-electron chi connectivity index (χ3n) is 4.04. The molecule has 1 unspecified atom stereocenters. The average Bonchev–Trinajstić information content (AvgIpc) is 2.95. The quantitative estimate of drug-likeness (QED) is 0.733. The smallest absolute Gasteiger partial charge is 0.238 e. The van der Waals surface area contributed by atoms with Crippen molar-refractivity contribution in [3.63, 3.8) is 0 Å². The minimum atomic E-state index is -3.73. The Labute approximate surface area is 146 Å². The Balaban J connectivity index is 1.75. The van der Waals surface area contributed by atoms with Crippen molar-refractivity contribution in [2.24, 2.45) is 5.14 Å². The molecule has 134 valence electrons. The Hall–Kier alpha value is -2.23. The molecule has 0 spiro atoms. The fraction of sp³-hybridized carbons (Fsp3) is 0.375. The average molecular weight is 364 g/mol. The van der Waals surface area contributed by atoms with Gasteiger partial charge in [0.1, 0.15) is 6.10 Å².